The molecule has 0 aliphatic carbocycles. The number of amides is 2. The third kappa shape index (κ3) is 4.15. The van der Waals surface area contributed by atoms with Crippen LogP contribution in [0.4, 0.5) is 10.1 Å². The maximum atomic E-state index is 13.1. The molecule has 5 heteroatoms. The molecule has 0 bridgehead atoms. The lowest BCUT2D eigenvalue weighted by Gasteiger charge is -2.17. The molecule has 0 atom stereocenters. The maximum Gasteiger partial charge on any atom is 0.254 e. The zero-order valence-corrected chi connectivity index (χ0v) is 12.5. The van der Waals surface area contributed by atoms with Crippen molar-refractivity contribution in [2.24, 2.45) is 0 Å². The Morgan fingerprint density at radius 1 is 1.14 bits per heavy atom. The molecule has 0 fully saturated rings. The van der Waals surface area contributed by atoms with Crippen LogP contribution >= 0.6 is 0 Å². The Hall–Kier alpha value is -2.69. The average molecular weight is 300 g/mol. The number of hydrogen-bond acceptors (Lipinski definition) is 2. The van der Waals surface area contributed by atoms with Crippen molar-refractivity contribution >= 4 is 17.5 Å². The van der Waals surface area contributed by atoms with Gasteiger partial charge in [-0.25, -0.2) is 4.39 Å². The molecule has 2 amide bonds. The molecule has 2 aromatic carbocycles. The van der Waals surface area contributed by atoms with Crippen molar-refractivity contribution in [3.05, 3.63) is 65.5 Å². The molecule has 2 aromatic rings. The second kappa shape index (κ2) is 6.85. The zero-order valence-electron chi connectivity index (χ0n) is 12.5. The van der Waals surface area contributed by atoms with Gasteiger partial charge in [0.1, 0.15) is 5.82 Å². The second-order valence-corrected chi connectivity index (χ2v) is 5.09. The van der Waals surface area contributed by atoms with Crippen molar-refractivity contribution in [1.29, 1.82) is 0 Å². The van der Waals surface area contributed by atoms with E-state index in [4.69, 9.17) is 0 Å². The number of halogens is 1. The Bertz CT molecular complexity index is 683. The molecule has 0 saturated carbocycles. The Morgan fingerprint density at radius 2 is 1.82 bits per heavy atom. The summed E-state index contributed by atoms with van der Waals surface area (Å²) in [6.07, 6.45) is 0. The molecule has 4 nitrogen and oxygen atoms in total. The number of carbonyl (C=O) groups is 2. The van der Waals surface area contributed by atoms with Crippen molar-refractivity contribution in [3.63, 3.8) is 0 Å². The first kappa shape index (κ1) is 15.7. The number of carbonyl (C=O) groups excluding carboxylic acids is 2. The van der Waals surface area contributed by atoms with Crippen molar-refractivity contribution < 1.29 is 14.0 Å². The Morgan fingerprint density at radius 3 is 2.45 bits per heavy atom. The minimum Gasteiger partial charge on any atom is -0.332 e. The van der Waals surface area contributed by atoms with Crippen LogP contribution in [0.15, 0.2) is 48.5 Å². The predicted octanol–water partition coefficient (Wildman–Crippen LogP) is 2.84. The second-order valence-electron chi connectivity index (χ2n) is 5.09. The lowest BCUT2D eigenvalue weighted by molar-refractivity contribution is -0.116. The fourth-order valence-corrected chi connectivity index (χ4v) is 1.97. The summed E-state index contributed by atoms with van der Waals surface area (Å²) in [6.45, 7) is 1.85. The summed E-state index contributed by atoms with van der Waals surface area (Å²) in [7, 11) is 1.50. The van der Waals surface area contributed by atoms with Gasteiger partial charge in [-0.15, -0.1) is 0 Å². The van der Waals surface area contributed by atoms with E-state index in [0.29, 0.717) is 5.69 Å². The number of hydrogen-bond donors (Lipinski definition) is 1. The fourth-order valence-electron chi connectivity index (χ4n) is 1.97. The van der Waals surface area contributed by atoms with Crippen molar-refractivity contribution in [2.45, 2.75) is 6.92 Å². The van der Waals surface area contributed by atoms with E-state index in [-0.39, 0.29) is 18.0 Å². The number of aryl methyl sites for hydroxylation is 1. The van der Waals surface area contributed by atoms with Crippen LogP contribution in [0, 0.1) is 12.7 Å². The zero-order chi connectivity index (χ0) is 16.1. The highest BCUT2D eigenvalue weighted by Crippen LogP contribution is 2.09. The van der Waals surface area contributed by atoms with Gasteiger partial charge in [-0.2, -0.15) is 0 Å². The molecule has 0 aliphatic rings. The first-order valence-corrected chi connectivity index (χ1v) is 6.83. The number of benzene rings is 2. The molecule has 0 unspecified atom stereocenters. The summed E-state index contributed by atoms with van der Waals surface area (Å²) in [5.41, 5.74) is 1.98. The molecular weight excluding hydrogens is 283 g/mol. The minimum absolute atomic E-state index is 0.108. The van der Waals surface area contributed by atoms with E-state index in [2.05, 4.69) is 5.32 Å². The van der Waals surface area contributed by atoms with Gasteiger partial charge in [0, 0.05) is 18.3 Å². The van der Waals surface area contributed by atoms with Crippen LogP contribution < -0.4 is 5.32 Å². The van der Waals surface area contributed by atoms with Crippen LogP contribution in [0.5, 0.6) is 0 Å². The smallest absolute Gasteiger partial charge is 0.254 e. The Kier molecular flexibility index (Phi) is 4.88. The molecule has 22 heavy (non-hydrogen) atoms. The van der Waals surface area contributed by atoms with Gasteiger partial charge >= 0.3 is 0 Å². The van der Waals surface area contributed by atoms with E-state index in [1.54, 1.807) is 12.1 Å². The van der Waals surface area contributed by atoms with Gasteiger partial charge < -0.3 is 10.2 Å². The molecular formula is C17H17FN2O2. The molecule has 0 saturated heterocycles. The van der Waals surface area contributed by atoms with Gasteiger partial charge in [0.15, 0.2) is 0 Å². The highest BCUT2D eigenvalue weighted by molar-refractivity contribution is 5.99. The lowest BCUT2D eigenvalue weighted by atomic mass is 10.2. The quantitative estimate of drug-likeness (QED) is 0.944. The maximum absolute atomic E-state index is 13.1. The van der Waals surface area contributed by atoms with Gasteiger partial charge in [0.05, 0.1) is 6.54 Å². The SMILES string of the molecule is Cc1ccc(NC(=O)CN(C)C(=O)c2cccc(F)c2)cc1. The van der Waals surface area contributed by atoms with E-state index < -0.39 is 11.7 Å². The molecule has 0 radical (unpaired) electrons. The Labute approximate surface area is 128 Å². The normalized spacial score (nSPS) is 10.1. The number of nitrogens with one attached hydrogen (secondary N) is 1. The average Bonchev–Trinajstić information content (AvgIpc) is 2.48. The van der Waals surface area contributed by atoms with E-state index in [1.165, 1.54) is 30.1 Å². The monoisotopic (exact) mass is 300 g/mol. The van der Waals surface area contributed by atoms with Gasteiger partial charge in [-0.05, 0) is 37.3 Å². The molecule has 1 N–H and O–H groups in total. The van der Waals surface area contributed by atoms with Gasteiger partial charge in [-0.1, -0.05) is 23.8 Å². The number of anilines is 1. The molecule has 0 aliphatic heterocycles. The van der Waals surface area contributed by atoms with Crippen molar-refractivity contribution in [3.8, 4) is 0 Å². The first-order chi connectivity index (χ1) is 10.5. The van der Waals surface area contributed by atoms with Gasteiger partial charge in [0.25, 0.3) is 5.91 Å². The Balaban J connectivity index is 1.96. The molecule has 2 rings (SSSR count). The summed E-state index contributed by atoms with van der Waals surface area (Å²) in [5.74, 6) is -1.20. The first-order valence-electron chi connectivity index (χ1n) is 6.83. The predicted molar refractivity (Wildman–Crippen MR) is 83.2 cm³/mol. The topological polar surface area (TPSA) is 49.4 Å². The van der Waals surface area contributed by atoms with E-state index in [9.17, 15) is 14.0 Å². The van der Waals surface area contributed by atoms with E-state index in [1.807, 2.05) is 19.1 Å². The third-order valence-corrected chi connectivity index (χ3v) is 3.13. The molecule has 0 spiro atoms. The van der Waals surface area contributed by atoms with Crippen LogP contribution in [0.1, 0.15) is 15.9 Å². The molecule has 114 valence electrons. The number of likely N-dealkylation sites (N-methyl/N-ethyl adjacent to an activating group) is 1. The molecule has 0 aromatic heterocycles. The summed E-state index contributed by atoms with van der Waals surface area (Å²) in [4.78, 5) is 25.3. The number of rotatable bonds is 4. The largest absolute Gasteiger partial charge is 0.332 e. The lowest BCUT2D eigenvalue weighted by Crippen LogP contribution is -2.34. The summed E-state index contributed by atoms with van der Waals surface area (Å²) >= 11 is 0. The van der Waals surface area contributed by atoms with Crippen molar-refractivity contribution in [2.75, 3.05) is 18.9 Å². The van der Waals surface area contributed by atoms with Crippen molar-refractivity contribution in [1.82, 2.24) is 4.90 Å². The standard InChI is InChI=1S/C17H17FN2O2/c1-12-6-8-15(9-7-12)19-16(21)11-20(2)17(22)13-4-3-5-14(18)10-13/h3-10H,11H2,1-2H3,(H,19,21). The van der Waals surface area contributed by atoms with Crippen LogP contribution in [-0.2, 0) is 4.79 Å². The van der Waals surface area contributed by atoms with E-state index >= 15 is 0 Å². The molecule has 0 heterocycles. The fraction of sp³-hybridized carbons (Fsp3) is 0.176. The highest BCUT2D eigenvalue weighted by atomic mass is 19.1. The summed E-state index contributed by atoms with van der Waals surface area (Å²) in [6, 6.07) is 12.7. The van der Waals surface area contributed by atoms with Gasteiger partial charge in [-0.3, -0.25) is 9.59 Å². The van der Waals surface area contributed by atoms with Gasteiger partial charge in [0.2, 0.25) is 5.91 Å². The van der Waals surface area contributed by atoms with Crippen LogP contribution in [-0.4, -0.2) is 30.3 Å². The van der Waals surface area contributed by atoms with E-state index in [0.717, 1.165) is 11.6 Å². The minimum atomic E-state index is -0.483. The number of nitrogens with zero attached hydrogens (tertiary/aromatic N) is 1. The summed E-state index contributed by atoms with van der Waals surface area (Å²) < 4.78 is 13.1. The third-order valence-electron chi connectivity index (χ3n) is 3.13. The van der Waals surface area contributed by atoms with Crippen LogP contribution in [0.25, 0.3) is 0 Å². The van der Waals surface area contributed by atoms with Crippen LogP contribution in [0.2, 0.25) is 0 Å². The highest BCUT2D eigenvalue weighted by Gasteiger charge is 2.15. The summed E-state index contributed by atoms with van der Waals surface area (Å²) in [5, 5.41) is 2.71. The van der Waals surface area contributed by atoms with Crippen LogP contribution in [0.3, 0.4) is 0 Å².